The molecule has 167 valence electrons. The number of hydrogen-bond acceptors (Lipinski definition) is 3. The number of carbonyl (C=O) groups is 1. The Morgan fingerprint density at radius 2 is 1.70 bits per heavy atom. The van der Waals surface area contributed by atoms with Crippen LogP contribution < -0.4 is 10.6 Å². The minimum absolute atomic E-state index is 0. The van der Waals surface area contributed by atoms with Crippen LogP contribution in [0.4, 0.5) is 9.18 Å². The van der Waals surface area contributed by atoms with E-state index >= 15 is 0 Å². The maximum atomic E-state index is 13.9. The molecule has 1 atom stereocenters. The molecule has 1 saturated carbocycles. The van der Waals surface area contributed by atoms with Gasteiger partial charge in [-0.1, -0.05) is 59.1 Å². The summed E-state index contributed by atoms with van der Waals surface area (Å²) in [5.74, 6) is -0.714. The molecule has 6 nitrogen and oxygen atoms in total. The fourth-order valence-corrected chi connectivity index (χ4v) is 5.47. The molecule has 0 bridgehead atoms. The van der Waals surface area contributed by atoms with Crippen molar-refractivity contribution in [1.82, 2.24) is 14.9 Å². The fraction of sp³-hybridized carbons (Fsp3) is 0.545. The van der Waals surface area contributed by atoms with Gasteiger partial charge in [-0.05, 0) is 37.3 Å². The third-order valence-electron chi connectivity index (χ3n) is 5.50. The van der Waals surface area contributed by atoms with Crippen LogP contribution >= 0.6 is 0 Å². The Morgan fingerprint density at radius 1 is 1.07 bits per heavy atom. The Bertz CT molecular complexity index is 765. The van der Waals surface area contributed by atoms with E-state index in [9.17, 15) is 17.6 Å². The molecule has 30 heavy (non-hydrogen) atoms. The largest absolute Gasteiger partial charge is 0.338 e. The van der Waals surface area contributed by atoms with Crippen molar-refractivity contribution in [2.75, 3.05) is 19.6 Å². The molecule has 8 heteroatoms. The maximum absolute atomic E-state index is 13.9. The Kier molecular flexibility index (Phi) is 10.8. The van der Waals surface area contributed by atoms with Crippen LogP contribution in [0.25, 0.3) is 0 Å². The first-order valence-corrected chi connectivity index (χ1v) is 11.5. The Balaban J connectivity index is 0.00000225. The molecule has 2 fully saturated rings. The van der Waals surface area contributed by atoms with E-state index in [0.717, 1.165) is 37.8 Å². The molecule has 2 aliphatic rings. The van der Waals surface area contributed by atoms with Crippen LogP contribution in [0, 0.1) is 32.6 Å². The van der Waals surface area contributed by atoms with Gasteiger partial charge in [0.2, 0.25) is 10.0 Å². The quantitative estimate of drug-likeness (QED) is 0.727. The van der Waals surface area contributed by atoms with Crippen molar-refractivity contribution >= 4 is 16.1 Å². The lowest BCUT2D eigenvalue weighted by Crippen LogP contribution is -2.41. The van der Waals surface area contributed by atoms with Gasteiger partial charge in [0.25, 0.3) is 0 Å². The highest BCUT2D eigenvalue weighted by Crippen LogP contribution is 2.26. The normalized spacial score (nSPS) is 20.9. The number of nitrogens with zero attached hydrogens (tertiary/aromatic N) is 1. The number of nitrogens with one attached hydrogen (secondary N) is 2. The SMILES string of the molecule is O=C(NCC1CCN(S(=O)(=O)c2ccccc2F)C1)N[C]1CCCCCCC1.[CH2].[CH2]. The Hall–Kier alpha value is -1.67. The Labute approximate surface area is 181 Å². The van der Waals surface area contributed by atoms with Gasteiger partial charge < -0.3 is 10.6 Å². The average Bonchev–Trinajstić information content (AvgIpc) is 3.12. The van der Waals surface area contributed by atoms with Crippen LogP contribution in [0.15, 0.2) is 29.2 Å². The first-order valence-electron chi connectivity index (χ1n) is 10.1. The summed E-state index contributed by atoms with van der Waals surface area (Å²) in [7, 11) is -3.85. The molecule has 1 unspecified atom stereocenters. The van der Waals surface area contributed by atoms with E-state index in [4.69, 9.17) is 0 Å². The molecule has 2 N–H and O–H groups in total. The van der Waals surface area contributed by atoms with Crippen LogP contribution in [-0.4, -0.2) is 38.4 Å². The predicted octanol–water partition coefficient (Wildman–Crippen LogP) is 4.07. The lowest BCUT2D eigenvalue weighted by atomic mass is 9.97. The highest BCUT2D eigenvalue weighted by atomic mass is 32.2. The zero-order valence-electron chi connectivity index (χ0n) is 17.5. The van der Waals surface area contributed by atoms with Crippen molar-refractivity contribution in [3.05, 3.63) is 51.0 Å². The first-order chi connectivity index (χ1) is 13.5. The number of hydrogen-bond donors (Lipinski definition) is 2. The van der Waals surface area contributed by atoms with E-state index in [1.807, 2.05) is 0 Å². The van der Waals surface area contributed by atoms with Crippen LogP contribution in [0.3, 0.4) is 0 Å². The van der Waals surface area contributed by atoms with Crippen molar-refractivity contribution in [2.45, 2.75) is 56.3 Å². The Morgan fingerprint density at radius 3 is 2.37 bits per heavy atom. The number of urea groups is 1. The molecular weight excluding hydrogens is 405 g/mol. The topological polar surface area (TPSA) is 78.5 Å². The molecule has 0 spiro atoms. The lowest BCUT2D eigenvalue weighted by Gasteiger charge is -2.21. The van der Waals surface area contributed by atoms with Gasteiger partial charge in [0.05, 0.1) is 6.04 Å². The number of rotatable bonds is 5. The fourth-order valence-electron chi connectivity index (χ4n) is 3.87. The average molecular weight is 439 g/mol. The van der Waals surface area contributed by atoms with Crippen molar-refractivity contribution < 1.29 is 17.6 Å². The highest BCUT2D eigenvalue weighted by molar-refractivity contribution is 7.89. The number of amides is 2. The summed E-state index contributed by atoms with van der Waals surface area (Å²) in [6, 6.07) is 6.30. The van der Waals surface area contributed by atoms with Crippen LogP contribution in [0.2, 0.25) is 0 Å². The second-order valence-corrected chi connectivity index (χ2v) is 9.56. The smallest absolute Gasteiger partial charge is 0.315 e. The minimum atomic E-state index is -3.85. The third kappa shape index (κ3) is 6.94. The van der Waals surface area contributed by atoms with Gasteiger partial charge in [0.1, 0.15) is 10.7 Å². The minimum Gasteiger partial charge on any atom is -0.338 e. The van der Waals surface area contributed by atoms with Crippen LogP contribution in [0.1, 0.15) is 51.4 Å². The highest BCUT2D eigenvalue weighted by Gasteiger charge is 2.34. The van der Waals surface area contributed by atoms with Crippen LogP contribution in [0.5, 0.6) is 0 Å². The van der Waals surface area contributed by atoms with Gasteiger partial charge in [-0.15, -0.1) is 0 Å². The van der Waals surface area contributed by atoms with E-state index in [1.165, 1.54) is 41.8 Å². The van der Waals surface area contributed by atoms with Gasteiger partial charge in [0.15, 0.2) is 0 Å². The molecule has 1 aliphatic carbocycles. The molecule has 1 aliphatic heterocycles. The van der Waals surface area contributed by atoms with Crippen molar-refractivity contribution in [2.24, 2.45) is 5.92 Å². The predicted molar refractivity (Wildman–Crippen MR) is 116 cm³/mol. The van der Waals surface area contributed by atoms with Gasteiger partial charge in [-0.2, -0.15) is 4.31 Å². The van der Waals surface area contributed by atoms with Crippen molar-refractivity contribution in [3.63, 3.8) is 0 Å². The molecule has 1 aromatic rings. The monoisotopic (exact) mass is 438 g/mol. The molecular formula is C22H33FN3O3S. The van der Waals surface area contributed by atoms with Gasteiger partial charge in [-0.25, -0.2) is 17.6 Å². The van der Waals surface area contributed by atoms with Crippen molar-refractivity contribution in [1.29, 1.82) is 0 Å². The lowest BCUT2D eigenvalue weighted by molar-refractivity contribution is 0.238. The molecule has 1 saturated heterocycles. The second-order valence-electron chi connectivity index (χ2n) is 7.65. The molecule has 1 heterocycles. The van der Waals surface area contributed by atoms with E-state index in [0.29, 0.717) is 19.5 Å². The van der Waals surface area contributed by atoms with Crippen LogP contribution in [-0.2, 0) is 10.0 Å². The van der Waals surface area contributed by atoms with Crippen molar-refractivity contribution in [3.8, 4) is 0 Å². The molecule has 5 radical (unpaired) electrons. The summed E-state index contributed by atoms with van der Waals surface area (Å²) in [4.78, 5) is 11.9. The van der Waals surface area contributed by atoms with Gasteiger partial charge >= 0.3 is 6.03 Å². The molecule has 1 aromatic carbocycles. The van der Waals surface area contributed by atoms with E-state index in [-0.39, 0.29) is 38.2 Å². The molecule has 2 amide bonds. The standard InChI is InChI=1S/C20H29FN3O3S.2CH2/c21-18-10-6-7-11-19(18)28(26,27)24-13-12-16(15-24)14-22-20(25)23-17-8-4-2-1-3-5-9-17;;/h6-7,10-11,16H,1-5,8-9,12-15H2,(H2,22,23,25);2*1H2. The number of halogens is 1. The summed E-state index contributed by atoms with van der Waals surface area (Å²) >= 11 is 0. The zero-order valence-corrected chi connectivity index (χ0v) is 18.4. The van der Waals surface area contributed by atoms with Gasteiger partial charge in [0, 0.05) is 19.6 Å². The number of benzene rings is 1. The van der Waals surface area contributed by atoms with E-state index < -0.39 is 15.8 Å². The summed E-state index contributed by atoms with van der Waals surface area (Å²) < 4.78 is 40.5. The molecule has 0 aromatic heterocycles. The second kappa shape index (κ2) is 12.2. The van der Waals surface area contributed by atoms with E-state index in [2.05, 4.69) is 10.6 Å². The van der Waals surface area contributed by atoms with E-state index in [1.54, 1.807) is 0 Å². The van der Waals surface area contributed by atoms with Gasteiger partial charge in [-0.3, -0.25) is 0 Å². The molecule has 3 rings (SSSR count). The first kappa shape index (κ1) is 26.4. The number of sulfonamides is 1. The summed E-state index contributed by atoms with van der Waals surface area (Å²) in [5, 5.41) is 5.84. The zero-order chi connectivity index (χ0) is 20.0. The third-order valence-corrected chi connectivity index (χ3v) is 7.40. The maximum Gasteiger partial charge on any atom is 0.315 e. The summed E-state index contributed by atoms with van der Waals surface area (Å²) in [6.45, 7) is 1.03. The summed E-state index contributed by atoms with van der Waals surface area (Å²) in [5.41, 5.74) is 0. The number of carbonyl (C=O) groups excluding carboxylic acids is 1. The summed E-state index contributed by atoms with van der Waals surface area (Å²) in [6.07, 6.45) is 8.43.